The first-order valence-corrected chi connectivity index (χ1v) is 13.3. The predicted octanol–water partition coefficient (Wildman–Crippen LogP) is 7.14. The first kappa shape index (κ1) is 31.6. The number of anilines is 1. The summed E-state index contributed by atoms with van der Waals surface area (Å²) in [6.07, 6.45) is -3.77. The minimum absolute atomic E-state index is 0.0448. The van der Waals surface area contributed by atoms with Crippen molar-refractivity contribution < 1.29 is 37.3 Å². The molecule has 220 valence electrons. The molecule has 2 atom stereocenters. The molecular formula is C30H32ClF3N2O5. The van der Waals surface area contributed by atoms with Crippen LogP contribution in [0.15, 0.2) is 60.7 Å². The van der Waals surface area contributed by atoms with Crippen LogP contribution in [-0.2, 0) is 11.0 Å². The van der Waals surface area contributed by atoms with E-state index in [0.717, 1.165) is 24.2 Å². The molecule has 1 amide bonds. The van der Waals surface area contributed by atoms with E-state index in [2.05, 4.69) is 24.5 Å². The Morgan fingerprint density at radius 2 is 1.71 bits per heavy atom. The number of halogens is 4. The summed E-state index contributed by atoms with van der Waals surface area (Å²) in [4.78, 5) is 22.8. The van der Waals surface area contributed by atoms with E-state index in [4.69, 9.17) is 26.2 Å². The van der Waals surface area contributed by atoms with Gasteiger partial charge in [0.1, 0.15) is 18.1 Å². The van der Waals surface area contributed by atoms with Gasteiger partial charge in [-0.05, 0) is 54.4 Å². The summed E-state index contributed by atoms with van der Waals surface area (Å²) >= 11 is 6.19. The second-order valence-corrected chi connectivity index (χ2v) is 9.89. The van der Waals surface area contributed by atoms with Crippen LogP contribution in [0.3, 0.4) is 0 Å². The molecule has 0 heterocycles. The fourth-order valence-electron chi connectivity index (χ4n) is 4.03. The van der Waals surface area contributed by atoms with Crippen molar-refractivity contribution >= 4 is 29.2 Å². The maximum atomic E-state index is 13.0. The third-order valence-electron chi connectivity index (χ3n) is 6.64. The van der Waals surface area contributed by atoms with Crippen molar-refractivity contribution in [3.05, 3.63) is 76.8 Å². The molecule has 0 radical (unpaired) electrons. The monoisotopic (exact) mass is 592 g/mol. The van der Waals surface area contributed by atoms with Crippen LogP contribution in [-0.4, -0.2) is 43.3 Å². The number of carboxylic acid groups (broad SMARTS) is 1. The molecule has 41 heavy (non-hydrogen) atoms. The quantitative estimate of drug-likeness (QED) is 0.195. The van der Waals surface area contributed by atoms with Crippen LogP contribution in [0.2, 0.25) is 5.02 Å². The number of benzene rings is 3. The highest BCUT2D eigenvalue weighted by atomic mass is 35.5. The van der Waals surface area contributed by atoms with Gasteiger partial charge in [-0.25, -0.2) is 0 Å². The molecule has 0 aliphatic rings. The zero-order chi connectivity index (χ0) is 30.2. The van der Waals surface area contributed by atoms with Gasteiger partial charge in [-0.3, -0.25) is 9.59 Å². The second-order valence-electron chi connectivity index (χ2n) is 9.48. The fourth-order valence-corrected chi connectivity index (χ4v) is 4.31. The van der Waals surface area contributed by atoms with Gasteiger partial charge in [-0.2, -0.15) is 13.2 Å². The van der Waals surface area contributed by atoms with Gasteiger partial charge in [0.25, 0.3) is 5.91 Å². The van der Waals surface area contributed by atoms with Crippen molar-refractivity contribution in [3.63, 3.8) is 0 Å². The van der Waals surface area contributed by atoms with E-state index in [0.29, 0.717) is 34.8 Å². The Bertz CT molecular complexity index is 1350. The van der Waals surface area contributed by atoms with Gasteiger partial charge < -0.3 is 25.2 Å². The maximum absolute atomic E-state index is 13.0. The highest BCUT2D eigenvalue weighted by molar-refractivity contribution is 6.33. The molecule has 0 spiro atoms. The van der Waals surface area contributed by atoms with Crippen molar-refractivity contribution in [2.24, 2.45) is 5.92 Å². The minimum atomic E-state index is -4.50. The summed E-state index contributed by atoms with van der Waals surface area (Å²) < 4.78 is 50.7. The summed E-state index contributed by atoms with van der Waals surface area (Å²) in [6, 6.07) is 15.0. The van der Waals surface area contributed by atoms with E-state index in [1.807, 2.05) is 0 Å². The van der Waals surface area contributed by atoms with E-state index in [1.54, 1.807) is 42.5 Å². The molecule has 0 saturated heterocycles. The molecular weight excluding hydrogens is 561 g/mol. The van der Waals surface area contributed by atoms with Crippen LogP contribution in [0.1, 0.15) is 42.6 Å². The summed E-state index contributed by atoms with van der Waals surface area (Å²) in [7, 11) is 1.46. The Morgan fingerprint density at radius 3 is 2.29 bits per heavy atom. The maximum Gasteiger partial charge on any atom is 0.416 e. The Kier molecular flexibility index (Phi) is 10.9. The number of nitrogens with one attached hydrogen (secondary N) is 2. The molecule has 0 aliphatic carbocycles. The fraction of sp³-hybridized carbons (Fsp3) is 0.333. The molecule has 0 saturated carbocycles. The summed E-state index contributed by atoms with van der Waals surface area (Å²) in [5.41, 5.74) is 1.30. The molecule has 3 aromatic rings. The van der Waals surface area contributed by atoms with Crippen LogP contribution in [0.5, 0.6) is 11.5 Å². The van der Waals surface area contributed by atoms with E-state index in [-0.39, 0.29) is 35.9 Å². The number of hydrogen-bond donors (Lipinski definition) is 3. The van der Waals surface area contributed by atoms with Crippen molar-refractivity contribution in [1.29, 1.82) is 0 Å². The first-order valence-electron chi connectivity index (χ1n) is 13.0. The SMILES string of the molecule is CC[C@H](C)[C@@H](COc1ccc(-c2ccc(C(F)(F)F)cc2Cl)c(OC)c1)Nc1ccc(C(=O)NCCC(=O)O)cc1. The van der Waals surface area contributed by atoms with Gasteiger partial charge in [-0.1, -0.05) is 37.9 Å². The molecule has 0 aromatic heterocycles. The largest absolute Gasteiger partial charge is 0.496 e. The number of rotatable bonds is 13. The summed E-state index contributed by atoms with van der Waals surface area (Å²) in [5, 5.41) is 14.7. The van der Waals surface area contributed by atoms with Crippen molar-refractivity contribution in [2.45, 2.75) is 38.9 Å². The number of alkyl halides is 3. The Balaban J connectivity index is 1.70. The van der Waals surface area contributed by atoms with Gasteiger partial charge in [0.15, 0.2) is 0 Å². The smallest absolute Gasteiger partial charge is 0.416 e. The average Bonchev–Trinajstić information content (AvgIpc) is 2.94. The molecule has 3 rings (SSSR count). The van der Waals surface area contributed by atoms with Crippen LogP contribution in [0.25, 0.3) is 11.1 Å². The van der Waals surface area contributed by atoms with Crippen molar-refractivity contribution in [2.75, 3.05) is 25.6 Å². The van der Waals surface area contributed by atoms with E-state index in [1.165, 1.54) is 13.2 Å². The molecule has 3 aromatic carbocycles. The van der Waals surface area contributed by atoms with Gasteiger partial charge >= 0.3 is 12.1 Å². The predicted molar refractivity (Wildman–Crippen MR) is 152 cm³/mol. The van der Waals surface area contributed by atoms with E-state index < -0.39 is 17.7 Å². The molecule has 11 heteroatoms. The number of aliphatic carboxylic acids is 1. The minimum Gasteiger partial charge on any atom is -0.496 e. The molecule has 0 fully saturated rings. The number of amides is 1. The Labute approximate surface area is 241 Å². The average molecular weight is 593 g/mol. The van der Waals surface area contributed by atoms with Gasteiger partial charge in [-0.15, -0.1) is 0 Å². The van der Waals surface area contributed by atoms with E-state index >= 15 is 0 Å². The molecule has 7 nitrogen and oxygen atoms in total. The third-order valence-corrected chi connectivity index (χ3v) is 6.96. The number of hydrogen-bond acceptors (Lipinski definition) is 5. The first-order chi connectivity index (χ1) is 19.4. The van der Waals surface area contributed by atoms with Crippen LogP contribution in [0, 0.1) is 5.92 Å². The lowest BCUT2D eigenvalue weighted by Crippen LogP contribution is -2.33. The number of carbonyl (C=O) groups excluding carboxylic acids is 1. The summed E-state index contributed by atoms with van der Waals surface area (Å²) in [6.45, 7) is 4.50. The molecule has 0 bridgehead atoms. The zero-order valence-electron chi connectivity index (χ0n) is 22.8. The lowest BCUT2D eigenvalue weighted by molar-refractivity contribution is -0.138. The zero-order valence-corrected chi connectivity index (χ0v) is 23.6. The number of ether oxygens (including phenoxy) is 2. The summed E-state index contributed by atoms with van der Waals surface area (Å²) in [5.74, 6) is -0.205. The normalized spacial score (nSPS) is 12.8. The van der Waals surface area contributed by atoms with Crippen molar-refractivity contribution in [3.8, 4) is 22.6 Å². The standard InChI is InChI=1S/C30H32ClF3N2O5/c1-4-18(2)26(36-21-8-5-19(6-9-21)29(39)35-14-13-28(37)38)17-41-22-10-12-24(27(16-22)40-3)23-11-7-20(15-25(23)31)30(32,33)34/h5-12,15-16,18,26,36H,4,13-14,17H2,1-3H3,(H,35,39)(H,37,38)/t18-,26+/m0/s1. The Morgan fingerprint density at radius 1 is 1.02 bits per heavy atom. The highest BCUT2D eigenvalue weighted by Gasteiger charge is 2.31. The number of methoxy groups -OCH3 is 1. The van der Waals surface area contributed by atoms with Gasteiger partial charge in [0.2, 0.25) is 0 Å². The van der Waals surface area contributed by atoms with Gasteiger partial charge in [0.05, 0.1) is 25.1 Å². The molecule has 0 aliphatic heterocycles. The molecule has 3 N–H and O–H groups in total. The molecule has 0 unspecified atom stereocenters. The van der Waals surface area contributed by atoms with Crippen LogP contribution < -0.4 is 20.1 Å². The van der Waals surface area contributed by atoms with Gasteiger partial charge in [0, 0.05) is 40.0 Å². The lowest BCUT2D eigenvalue weighted by Gasteiger charge is -2.26. The number of carboxylic acids is 1. The van der Waals surface area contributed by atoms with Crippen molar-refractivity contribution in [1.82, 2.24) is 5.32 Å². The second kappa shape index (κ2) is 14.1. The third kappa shape index (κ3) is 8.78. The van der Waals surface area contributed by atoms with Crippen LogP contribution in [0.4, 0.5) is 18.9 Å². The highest BCUT2D eigenvalue weighted by Crippen LogP contribution is 2.40. The topological polar surface area (TPSA) is 96.9 Å². The van der Waals surface area contributed by atoms with E-state index in [9.17, 15) is 22.8 Å². The Hall–Kier alpha value is -3.92. The van der Waals surface area contributed by atoms with Crippen LogP contribution >= 0.6 is 11.6 Å². The lowest BCUT2D eigenvalue weighted by atomic mass is 9.99. The number of carbonyl (C=O) groups is 2.